The van der Waals surface area contributed by atoms with Crippen molar-refractivity contribution in [2.45, 2.75) is 44.6 Å². The van der Waals surface area contributed by atoms with E-state index in [-0.39, 0.29) is 11.9 Å². The van der Waals surface area contributed by atoms with Gasteiger partial charge < -0.3 is 10.3 Å². The van der Waals surface area contributed by atoms with Gasteiger partial charge in [-0.25, -0.2) is 4.98 Å². The van der Waals surface area contributed by atoms with E-state index in [1.54, 1.807) is 11.8 Å². The number of aromatic nitrogens is 2. The largest absolute Gasteiger partial charge is 0.346 e. The van der Waals surface area contributed by atoms with E-state index >= 15 is 0 Å². The quantitative estimate of drug-likeness (QED) is 0.617. The van der Waals surface area contributed by atoms with Crippen LogP contribution in [0.1, 0.15) is 47.8 Å². The highest BCUT2D eigenvalue weighted by atomic mass is 32.2. The van der Waals surface area contributed by atoms with Crippen LogP contribution in [0.25, 0.3) is 11.0 Å². The zero-order valence-electron chi connectivity index (χ0n) is 16.3. The molecule has 0 radical (unpaired) electrons. The third-order valence-electron chi connectivity index (χ3n) is 5.46. The summed E-state index contributed by atoms with van der Waals surface area (Å²) < 4.78 is 0. The van der Waals surface area contributed by atoms with Gasteiger partial charge in [0.05, 0.1) is 23.5 Å². The van der Waals surface area contributed by atoms with E-state index in [2.05, 4.69) is 34.8 Å². The number of aromatic amines is 1. The van der Waals surface area contributed by atoms with Crippen LogP contribution >= 0.6 is 11.8 Å². The van der Waals surface area contributed by atoms with Gasteiger partial charge in [0.2, 0.25) is 5.91 Å². The highest BCUT2D eigenvalue weighted by Crippen LogP contribution is 2.23. The number of H-pyrrole nitrogens is 1. The van der Waals surface area contributed by atoms with Crippen molar-refractivity contribution in [1.29, 1.82) is 0 Å². The van der Waals surface area contributed by atoms with Crippen LogP contribution in [0.4, 0.5) is 0 Å². The molecule has 2 aromatic carbocycles. The number of rotatable bonds is 7. The smallest absolute Gasteiger partial charge is 0.225 e. The van der Waals surface area contributed by atoms with Crippen molar-refractivity contribution in [3.63, 3.8) is 0 Å². The molecule has 0 aliphatic heterocycles. The van der Waals surface area contributed by atoms with Crippen molar-refractivity contribution in [2.75, 3.05) is 12.0 Å². The minimum Gasteiger partial charge on any atom is -0.346 e. The predicted octanol–water partition coefficient (Wildman–Crippen LogP) is 4.59. The molecule has 1 aliphatic rings. The normalized spacial score (nSPS) is 14.6. The lowest BCUT2D eigenvalue weighted by Gasteiger charge is -2.18. The Hall–Kier alpha value is -2.27. The number of thioether (sulfide) groups is 1. The van der Waals surface area contributed by atoms with Crippen LogP contribution in [-0.4, -0.2) is 27.9 Å². The molecule has 1 aromatic heterocycles. The van der Waals surface area contributed by atoms with Crippen molar-refractivity contribution < 1.29 is 4.79 Å². The molecule has 4 nitrogen and oxygen atoms in total. The minimum absolute atomic E-state index is 0.0577. The lowest BCUT2D eigenvalue weighted by Crippen LogP contribution is -2.31. The third-order valence-corrected chi connectivity index (χ3v) is 6.11. The van der Waals surface area contributed by atoms with Gasteiger partial charge in [-0.05, 0) is 72.9 Å². The Morgan fingerprint density at radius 1 is 1.18 bits per heavy atom. The van der Waals surface area contributed by atoms with Crippen LogP contribution in [0.2, 0.25) is 0 Å². The number of fused-ring (bicyclic) bond motifs is 2. The van der Waals surface area contributed by atoms with Gasteiger partial charge in [-0.2, -0.15) is 11.8 Å². The second kappa shape index (κ2) is 8.82. The Kier molecular flexibility index (Phi) is 6.01. The molecule has 1 aliphatic carbocycles. The lowest BCUT2D eigenvalue weighted by molar-refractivity contribution is -0.121. The molecule has 1 amide bonds. The standard InChI is InChI=1S/C23H27N3OS/c1-28-13-12-21(23-25-19-8-4-5-9-20(19)26-23)24-22(27)15-16-10-11-17-6-2-3-7-18(17)14-16/h4-5,8-11,14,21H,2-3,6-7,12-13,15H2,1H3,(H,24,27)(H,25,26)/t21-/m1/s1. The van der Waals surface area contributed by atoms with Gasteiger partial charge in [0.1, 0.15) is 5.82 Å². The summed E-state index contributed by atoms with van der Waals surface area (Å²) in [5, 5.41) is 3.21. The molecular weight excluding hydrogens is 366 g/mol. The number of nitrogens with zero attached hydrogens (tertiary/aromatic N) is 1. The summed E-state index contributed by atoms with van der Waals surface area (Å²) in [6, 6.07) is 14.5. The lowest BCUT2D eigenvalue weighted by atomic mass is 9.90. The summed E-state index contributed by atoms with van der Waals surface area (Å²) in [5.41, 5.74) is 5.93. The van der Waals surface area contributed by atoms with E-state index < -0.39 is 0 Å². The van der Waals surface area contributed by atoms with Crippen LogP contribution < -0.4 is 5.32 Å². The van der Waals surface area contributed by atoms with Gasteiger partial charge in [0.25, 0.3) is 0 Å². The molecule has 0 bridgehead atoms. The summed E-state index contributed by atoms with van der Waals surface area (Å²) in [6.45, 7) is 0. The summed E-state index contributed by atoms with van der Waals surface area (Å²) >= 11 is 1.79. The summed E-state index contributed by atoms with van der Waals surface area (Å²) in [4.78, 5) is 20.9. The maximum absolute atomic E-state index is 12.8. The first-order valence-electron chi connectivity index (χ1n) is 10.1. The number of aryl methyl sites for hydroxylation is 2. The molecule has 1 atom stereocenters. The van der Waals surface area contributed by atoms with Gasteiger partial charge in [-0.3, -0.25) is 4.79 Å². The number of hydrogen-bond donors (Lipinski definition) is 2. The Labute approximate surface area is 170 Å². The highest BCUT2D eigenvalue weighted by molar-refractivity contribution is 7.98. The SMILES string of the molecule is CSCC[C@@H](NC(=O)Cc1ccc2c(c1)CCCC2)c1nc2ccccc2[nH]1. The number of amides is 1. The van der Waals surface area contributed by atoms with Crippen molar-refractivity contribution in [3.8, 4) is 0 Å². The zero-order chi connectivity index (χ0) is 19.3. The monoisotopic (exact) mass is 393 g/mol. The van der Waals surface area contributed by atoms with E-state index in [1.807, 2.05) is 24.3 Å². The maximum atomic E-state index is 12.8. The topological polar surface area (TPSA) is 57.8 Å². The van der Waals surface area contributed by atoms with Gasteiger partial charge in [-0.15, -0.1) is 0 Å². The molecule has 0 saturated heterocycles. The average molecular weight is 394 g/mol. The van der Waals surface area contributed by atoms with Crippen LogP contribution in [-0.2, 0) is 24.1 Å². The van der Waals surface area contributed by atoms with E-state index in [1.165, 1.54) is 30.4 Å². The molecule has 28 heavy (non-hydrogen) atoms. The maximum Gasteiger partial charge on any atom is 0.225 e. The molecule has 0 saturated carbocycles. The van der Waals surface area contributed by atoms with Crippen LogP contribution in [0.15, 0.2) is 42.5 Å². The molecule has 0 unspecified atom stereocenters. The van der Waals surface area contributed by atoms with Crippen LogP contribution in [0.3, 0.4) is 0 Å². The number of nitrogens with one attached hydrogen (secondary N) is 2. The fourth-order valence-electron chi connectivity index (χ4n) is 3.98. The summed E-state index contributed by atoms with van der Waals surface area (Å²) in [7, 11) is 0. The fraction of sp³-hybridized carbons (Fsp3) is 0.391. The van der Waals surface area contributed by atoms with Gasteiger partial charge in [0, 0.05) is 0 Å². The van der Waals surface area contributed by atoms with Crippen molar-refractivity contribution in [1.82, 2.24) is 15.3 Å². The molecule has 0 fully saturated rings. The first kappa shape index (κ1) is 19.1. The first-order chi connectivity index (χ1) is 13.7. The second-order valence-corrected chi connectivity index (χ2v) is 8.51. The molecule has 3 aromatic rings. The van der Waals surface area contributed by atoms with E-state index in [9.17, 15) is 4.79 Å². The molecule has 1 heterocycles. The molecular formula is C23H27N3OS. The van der Waals surface area contributed by atoms with E-state index in [0.29, 0.717) is 6.42 Å². The highest BCUT2D eigenvalue weighted by Gasteiger charge is 2.19. The molecule has 146 valence electrons. The average Bonchev–Trinajstić information content (AvgIpc) is 3.15. The summed E-state index contributed by atoms with van der Waals surface area (Å²) in [6.07, 6.45) is 8.21. The predicted molar refractivity (Wildman–Crippen MR) is 117 cm³/mol. The Morgan fingerprint density at radius 3 is 2.82 bits per heavy atom. The van der Waals surface area contributed by atoms with Crippen molar-refractivity contribution in [2.24, 2.45) is 0 Å². The molecule has 2 N–H and O–H groups in total. The Morgan fingerprint density at radius 2 is 2.00 bits per heavy atom. The first-order valence-corrected chi connectivity index (χ1v) is 11.5. The third kappa shape index (κ3) is 4.41. The van der Waals surface area contributed by atoms with E-state index in [4.69, 9.17) is 4.98 Å². The van der Waals surface area contributed by atoms with Gasteiger partial charge >= 0.3 is 0 Å². The molecule has 0 spiro atoms. The van der Waals surface area contributed by atoms with Crippen LogP contribution in [0, 0.1) is 0 Å². The van der Waals surface area contributed by atoms with Crippen LogP contribution in [0.5, 0.6) is 0 Å². The fourth-order valence-corrected chi connectivity index (χ4v) is 4.45. The number of carbonyl (C=O) groups excluding carboxylic acids is 1. The summed E-state index contributed by atoms with van der Waals surface area (Å²) in [5.74, 6) is 1.87. The van der Waals surface area contributed by atoms with Crippen molar-refractivity contribution >= 4 is 28.7 Å². The zero-order valence-corrected chi connectivity index (χ0v) is 17.1. The number of hydrogen-bond acceptors (Lipinski definition) is 3. The Bertz CT molecular complexity index is 932. The Balaban J connectivity index is 1.47. The van der Waals surface area contributed by atoms with Crippen molar-refractivity contribution in [3.05, 3.63) is 65.0 Å². The second-order valence-electron chi connectivity index (χ2n) is 7.53. The number of para-hydroxylation sites is 2. The molecule has 5 heteroatoms. The van der Waals surface area contributed by atoms with Gasteiger partial charge in [-0.1, -0.05) is 30.3 Å². The van der Waals surface area contributed by atoms with E-state index in [0.717, 1.165) is 41.0 Å². The minimum atomic E-state index is -0.0926. The number of benzene rings is 2. The number of carbonyl (C=O) groups is 1. The van der Waals surface area contributed by atoms with Gasteiger partial charge in [0.15, 0.2) is 0 Å². The molecule has 4 rings (SSSR count). The number of imidazole rings is 1.